The summed E-state index contributed by atoms with van der Waals surface area (Å²) in [5.41, 5.74) is 0.320. The number of carbonyl (C=O) groups excluding carboxylic acids is 3. The molecule has 0 saturated heterocycles. The molecule has 1 atom stereocenters. The van der Waals surface area contributed by atoms with Crippen LogP contribution in [0.25, 0.3) is 0 Å². The van der Waals surface area contributed by atoms with Gasteiger partial charge in [0.1, 0.15) is 5.60 Å². The molecule has 0 fully saturated rings. The van der Waals surface area contributed by atoms with Crippen molar-refractivity contribution >= 4 is 23.4 Å². The van der Waals surface area contributed by atoms with Crippen LogP contribution in [0.3, 0.4) is 0 Å². The normalized spacial score (nSPS) is 12.4. The third kappa shape index (κ3) is 13.5. The zero-order valence-electron chi connectivity index (χ0n) is 23.1. The van der Waals surface area contributed by atoms with Gasteiger partial charge in [-0.15, -0.1) is 0 Å². The van der Waals surface area contributed by atoms with Crippen LogP contribution in [0.1, 0.15) is 109 Å². The first-order valence-corrected chi connectivity index (χ1v) is 13.6. The molecule has 0 amide bonds. The van der Waals surface area contributed by atoms with Gasteiger partial charge in [-0.3, -0.25) is 14.4 Å². The van der Waals surface area contributed by atoms with Crippen LogP contribution < -0.4 is 5.32 Å². The van der Waals surface area contributed by atoms with Gasteiger partial charge in [-0.1, -0.05) is 57.6 Å². The highest BCUT2D eigenvalue weighted by molar-refractivity contribution is 6.20. The third-order valence-corrected chi connectivity index (χ3v) is 5.61. The second kappa shape index (κ2) is 17.7. The average Bonchev–Trinajstić information content (AvgIpc) is 2.81. The molecule has 0 aliphatic heterocycles. The van der Waals surface area contributed by atoms with Crippen molar-refractivity contribution in [2.24, 2.45) is 5.92 Å². The number of rotatable bonds is 18. The van der Waals surface area contributed by atoms with Crippen molar-refractivity contribution in [3.05, 3.63) is 42.0 Å². The Morgan fingerprint density at radius 2 is 1.42 bits per heavy atom. The maximum Gasteiger partial charge on any atom is 0.328 e. The minimum Gasteiger partial charge on any atom is -0.465 e. The fourth-order valence-electron chi connectivity index (χ4n) is 3.72. The largest absolute Gasteiger partial charge is 0.465 e. The Morgan fingerprint density at radius 3 is 2.00 bits per heavy atom. The van der Waals surface area contributed by atoms with Gasteiger partial charge in [-0.2, -0.15) is 0 Å². The lowest BCUT2D eigenvalue weighted by Gasteiger charge is -2.22. The van der Waals surface area contributed by atoms with Crippen molar-refractivity contribution in [3.8, 4) is 0 Å². The minimum atomic E-state index is -1.63. The molecule has 0 aromatic heterocycles. The highest BCUT2D eigenvalue weighted by atomic mass is 16.6. The summed E-state index contributed by atoms with van der Waals surface area (Å²) in [7, 11) is 0. The van der Waals surface area contributed by atoms with Crippen molar-refractivity contribution < 1.29 is 23.9 Å². The zero-order valence-corrected chi connectivity index (χ0v) is 23.1. The van der Waals surface area contributed by atoms with Gasteiger partial charge in [0.15, 0.2) is 5.78 Å². The molecule has 0 heterocycles. The number of unbranched alkanes of at least 4 members (excludes halogenated alkanes) is 8. The minimum absolute atomic E-state index is 0.0720. The van der Waals surface area contributed by atoms with Crippen LogP contribution in [0.4, 0.5) is 5.69 Å². The van der Waals surface area contributed by atoms with E-state index in [9.17, 15) is 14.4 Å². The van der Waals surface area contributed by atoms with Gasteiger partial charge >= 0.3 is 11.9 Å². The summed E-state index contributed by atoms with van der Waals surface area (Å²) in [5, 5.41) is 3.34. The van der Waals surface area contributed by atoms with Crippen molar-refractivity contribution in [2.75, 3.05) is 18.5 Å². The Bertz CT molecular complexity index is 808. The number of Topliss-reactive ketones (excluding diaryl/α,β-unsaturated/α-hetero) is 1. The van der Waals surface area contributed by atoms with E-state index in [-0.39, 0.29) is 12.2 Å². The van der Waals surface area contributed by atoms with E-state index in [1.165, 1.54) is 44.9 Å². The fraction of sp³-hybridized carbons (Fsp3) is 0.633. The zero-order chi connectivity index (χ0) is 26.8. The van der Waals surface area contributed by atoms with Gasteiger partial charge in [0.25, 0.3) is 0 Å². The summed E-state index contributed by atoms with van der Waals surface area (Å²) in [5.74, 6) is -4.04. The van der Waals surface area contributed by atoms with E-state index in [0.29, 0.717) is 0 Å². The number of allylic oxidation sites excluding steroid dienone is 2. The molecule has 6 nitrogen and oxygen atoms in total. The lowest BCUT2D eigenvalue weighted by atomic mass is 9.97. The molecule has 0 aliphatic carbocycles. The van der Waals surface area contributed by atoms with Crippen LogP contribution in [0.15, 0.2) is 36.4 Å². The Balaban J connectivity index is 2.44. The molecule has 0 saturated carbocycles. The number of hydrogen-bond donors (Lipinski definition) is 1. The first-order valence-electron chi connectivity index (χ1n) is 13.6. The lowest BCUT2D eigenvalue weighted by molar-refractivity contribution is -0.166. The van der Waals surface area contributed by atoms with Crippen LogP contribution in [0.5, 0.6) is 0 Å². The second-order valence-corrected chi connectivity index (χ2v) is 10.1. The average molecular weight is 502 g/mol. The molecule has 0 spiro atoms. The predicted molar refractivity (Wildman–Crippen MR) is 146 cm³/mol. The number of hydrogen-bond acceptors (Lipinski definition) is 6. The highest BCUT2D eigenvalue weighted by Crippen LogP contribution is 2.19. The van der Waals surface area contributed by atoms with Gasteiger partial charge in [-0.05, 0) is 77.6 Å². The van der Waals surface area contributed by atoms with Crippen LogP contribution in [-0.2, 0) is 19.1 Å². The molecule has 1 N–H and O–H groups in total. The molecule has 1 rings (SSSR count). The summed E-state index contributed by atoms with van der Waals surface area (Å²) in [6.07, 6.45) is 17.1. The summed E-state index contributed by atoms with van der Waals surface area (Å²) < 4.78 is 10.2. The summed E-state index contributed by atoms with van der Waals surface area (Å²) in [4.78, 5) is 37.8. The van der Waals surface area contributed by atoms with Gasteiger partial charge in [0, 0.05) is 17.8 Å². The molecule has 1 aromatic rings. The van der Waals surface area contributed by atoms with Crippen LogP contribution in [0, 0.1) is 5.92 Å². The predicted octanol–water partition coefficient (Wildman–Crippen LogP) is 7.28. The van der Waals surface area contributed by atoms with E-state index in [2.05, 4.69) is 24.4 Å². The molecular weight excluding hydrogens is 454 g/mol. The Morgan fingerprint density at radius 1 is 0.833 bits per heavy atom. The Kier molecular flexibility index (Phi) is 15.5. The maximum atomic E-state index is 13.0. The Labute approximate surface area is 218 Å². The van der Waals surface area contributed by atoms with Crippen molar-refractivity contribution in [2.45, 2.75) is 104 Å². The van der Waals surface area contributed by atoms with E-state index in [1.807, 2.05) is 0 Å². The molecule has 1 unspecified atom stereocenters. The van der Waals surface area contributed by atoms with Gasteiger partial charge < -0.3 is 14.8 Å². The lowest BCUT2D eigenvalue weighted by Crippen LogP contribution is -2.38. The number of ketones is 1. The topological polar surface area (TPSA) is 81.7 Å². The summed E-state index contributed by atoms with van der Waals surface area (Å²) >= 11 is 0. The molecule has 6 heteroatoms. The highest BCUT2D eigenvalue weighted by Gasteiger charge is 2.39. The molecule has 202 valence electrons. The number of esters is 2. The summed E-state index contributed by atoms with van der Waals surface area (Å²) in [6.45, 7) is 9.82. The van der Waals surface area contributed by atoms with Crippen molar-refractivity contribution in [1.82, 2.24) is 0 Å². The van der Waals surface area contributed by atoms with Crippen LogP contribution in [0.2, 0.25) is 0 Å². The van der Waals surface area contributed by atoms with E-state index in [4.69, 9.17) is 9.47 Å². The maximum absolute atomic E-state index is 13.0. The van der Waals surface area contributed by atoms with Crippen LogP contribution >= 0.6 is 0 Å². The van der Waals surface area contributed by atoms with Gasteiger partial charge in [-0.25, -0.2) is 0 Å². The standard InChI is InChI=1S/C30H47NO5/c1-6-8-9-10-11-12-13-14-15-16-17-18-23-31-25-21-19-24(20-22-25)27(32)26(28(33)35-7-2)29(34)36-30(3,4)5/h15-16,19-22,26,31H,6-14,17-18,23H2,1-5H3. The van der Waals surface area contributed by atoms with Gasteiger partial charge in [0.2, 0.25) is 5.92 Å². The molecule has 1 aromatic carbocycles. The van der Waals surface area contributed by atoms with Crippen LogP contribution in [-0.4, -0.2) is 36.5 Å². The molecule has 36 heavy (non-hydrogen) atoms. The first kappa shape index (κ1) is 31.4. The summed E-state index contributed by atoms with van der Waals surface area (Å²) in [6, 6.07) is 6.79. The number of benzene rings is 1. The monoisotopic (exact) mass is 501 g/mol. The molecule has 0 bridgehead atoms. The van der Waals surface area contributed by atoms with Crippen molar-refractivity contribution in [3.63, 3.8) is 0 Å². The van der Waals surface area contributed by atoms with E-state index in [1.54, 1.807) is 52.0 Å². The van der Waals surface area contributed by atoms with Crippen molar-refractivity contribution in [1.29, 1.82) is 0 Å². The second-order valence-electron chi connectivity index (χ2n) is 10.1. The van der Waals surface area contributed by atoms with E-state index in [0.717, 1.165) is 31.5 Å². The number of ether oxygens (including phenoxy) is 2. The van der Waals surface area contributed by atoms with E-state index >= 15 is 0 Å². The third-order valence-electron chi connectivity index (χ3n) is 5.61. The Hall–Kier alpha value is -2.63. The SMILES string of the molecule is CCCCCCCCCC=CCCCNc1ccc(C(=O)C(C(=O)OCC)C(=O)OC(C)(C)C)cc1. The quantitative estimate of drug-likeness (QED) is 0.0748. The molecule has 0 aliphatic rings. The molecule has 0 radical (unpaired) electrons. The number of nitrogens with one attached hydrogen (secondary N) is 1. The first-order chi connectivity index (χ1) is 17.2. The van der Waals surface area contributed by atoms with E-state index < -0.39 is 29.2 Å². The smallest absolute Gasteiger partial charge is 0.328 e. The fourth-order valence-corrected chi connectivity index (χ4v) is 3.72. The number of anilines is 1. The molecular formula is C30H47NO5. The van der Waals surface area contributed by atoms with Gasteiger partial charge in [0.05, 0.1) is 6.61 Å². The number of carbonyl (C=O) groups is 3.